The predicted octanol–water partition coefficient (Wildman–Crippen LogP) is 7.37. The van der Waals surface area contributed by atoms with Crippen LogP contribution in [0.3, 0.4) is 0 Å². The Morgan fingerprint density at radius 2 is 1.39 bits per heavy atom. The number of fused-ring (bicyclic) bond motifs is 1. The Labute approximate surface area is 263 Å². The molecule has 46 heavy (non-hydrogen) atoms. The number of carbonyl (C=O) groups is 1. The lowest BCUT2D eigenvalue weighted by Crippen LogP contribution is -2.55. The van der Waals surface area contributed by atoms with Gasteiger partial charge in [-0.25, -0.2) is 0 Å². The van der Waals surface area contributed by atoms with Gasteiger partial charge in [-0.05, 0) is 74.8 Å². The van der Waals surface area contributed by atoms with Crippen molar-refractivity contribution >= 4 is 54.9 Å². The molecule has 3 atom stereocenters. The van der Waals surface area contributed by atoms with E-state index < -0.39 is 17.3 Å². The molecule has 0 aromatic heterocycles. The number of Topliss-reactive ketones (excluding diaryl/α,β-unsaturated/α-hetero) is 1. The second kappa shape index (κ2) is 8.23. The number of phenols is 1. The van der Waals surface area contributed by atoms with Crippen LogP contribution in [-0.4, -0.2) is 46.4 Å². The van der Waals surface area contributed by atoms with Crippen molar-refractivity contribution in [2.45, 2.75) is 11.3 Å². The van der Waals surface area contributed by atoms with Crippen LogP contribution in [0.2, 0.25) is 0 Å². The number of hydrogen-bond acceptors (Lipinski definition) is 7. The molecule has 0 aliphatic heterocycles. The highest BCUT2D eigenvalue weighted by atomic mass is 16.5. The van der Waals surface area contributed by atoms with E-state index in [4.69, 9.17) is 23.7 Å². The van der Waals surface area contributed by atoms with Gasteiger partial charge in [0.2, 0.25) is 0 Å². The Morgan fingerprint density at radius 3 is 2.13 bits per heavy atom. The first-order valence-corrected chi connectivity index (χ1v) is 15.3. The Bertz CT molecular complexity index is 2510. The predicted molar refractivity (Wildman–Crippen MR) is 177 cm³/mol. The molecule has 0 heterocycles. The van der Waals surface area contributed by atoms with Crippen LogP contribution in [-0.2, 0) is 10.2 Å². The fourth-order valence-electron chi connectivity index (χ4n) is 9.69. The highest BCUT2D eigenvalue weighted by Crippen LogP contribution is 2.72. The van der Waals surface area contributed by atoms with Crippen LogP contribution in [0, 0.1) is 5.92 Å². The molecule has 0 fully saturated rings. The fraction of sp³-hybridized carbons (Fsp3) is 0.205. The van der Waals surface area contributed by atoms with Crippen LogP contribution in [0.4, 0.5) is 0 Å². The van der Waals surface area contributed by atoms with E-state index in [-0.39, 0.29) is 11.5 Å². The standard InChI is InChI=1S/C39H28O7/c1-42-24-14-20-25(43-2)15-21-31-32-26(44-3)13-16-7-6-8-23(40)27(16)35(32)39-22(36(31)41)12-11-19-33(39)29-18(37(45-4)38(19)46-5)10-9-17(24)28(29)30(20)34(21)39/h6-15,22,31,40H,1-5H3/t22-,31-,39?/m1/s1. The number of ether oxygens (including phenoxy) is 5. The van der Waals surface area contributed by atoms with E-state index in [1.807, 2.05) is 42.5 Å². The number of hydrogen-bond donors (Lipinski definition) is 1. The lowest BCUT2D eigenvalue weighted by Gasteiger charge is -2.57. The number of benzene rings is 6. The molecule has 0 saturated heterocycles. The summed E-state index contributed by atoms with van der Waals surface area (Å²) in [5.41, 5.74) is 4.47. The van der Waals surface area contributed by atoms with Crippen molar-refractivity contribution < 1.29 is 33.6 Å². The molecule has 0 radical (unpaired) electrons. The highest BCUT2D eigenvalue weighted by molar-refractivity contribution is 6.31. The van der Waals surface area contributed by atoms with Gasteiger partial charge in [-0.15, -0.1) is 0 Å². The van der Waals surface area contributed by atoms with Gasteiger partial charge in [0.1, 0.15) is 23.0 Å². The summed E-state index contributed by atoms with van der Waals surface area (Å²) >= 11 is 0. The number of rotatable bonds is 5. The van der Waals surface area contributed by atoms with E-state index in [1.54, 1.807) is 41.6 Å². The number of methoxy groups -OCH3 is 5. The van der Waals surface area contributed by atoms with Gasteiger partial charge in [0, 0.05) is 38.1 Å². The van der Waals surface area contributed by atoms with Crippen molar-refractivity contribution in [3.05, 3.63) is 88.0 Å². The van der Waals surface area contributed by atoms with Gasteiger partial charge in [0.25, 0.3) is 0 Å². The Hall–Kier alpha value is -5.43. The molecule has 6 aromatic rings. The molecule has 11 rings (SSSR count). The minimum atomic E-state index is -1.01. The summed E-state index contributed by atoms with van der Waals surface area (Å²) in [6.45, 7) is 0. The highest BCUT2D eigenvalue weighted by Gasteiger charge is 2.64. The van der Waals surface area contributed by atoms with Crippen molar-refractivity contribution in [2.75, 3.05) is 35.5 Å². The molecular formula is C39H28O7. The number of allylic oxidation sites excluding steroid dienone is 1. The van der Waals surface area contributed by atoms with Gasteiger partial charge in [-0.3, -0.25) is 4.79 Å². The van der Waals surface area contributed by atoms with Crippen molar-refractivity contribution in [3.8, 4) is 34.5 Å². The third-order valence-electron chi connectivity index (χ3n) is 11.1. The molecule has 6 aromatic carbocycles. The summed E-state index contributed by atoms with van der Waals surface area (Å²) < 4.78 is 30.5. The van der Waals surface area contributed by atoms with E-state index in [9.17, 15) is 5.11 Å². The third-order valence-corrected chi connectivity index (χ3v) is 11.1. The molecular weight excluding hydrogens is 580 g/mol. The molecule has 1 spiro atoms. The number of carbonyl (C=O) groups excluding carboxylic acids is 1. The lowest BCUT2D eigenvalue weighted by atomic mass is 9.43. The SMILES string of the molecule is COc1cc2cccc(O)c2c2c1[C@@H]1C(=O)[C@H]3C=Cc4c(OC)c(OC)c5ccc6c(OC)cc7c(OC)cc1c1c7c6c5c4C213. The summed E-state index contributed by atoms with van der Waals surface area (Å²) in [7, 11) is 8.30. The summed E-state index contributed by atoms with van der Waals surface area (Å²) in [5, 5.41) is 19.0. The molecule has 2 bridgehead atoms. The first-order valence-electron chi connectivity index (χ1n) is 15.3. The molecule has 1 N–H and O–H groups in total. The average molecular weight is 609 g/mol. The smallest absolute Gasteiger partial charge is 0.169 e. The minimum Gasteiger partial charge on any atom is -0.507 e. The van der Waals surface area contributed by atoms with Gasteiger partial charge >= 0.3 is 0 Å². The Kier molecular flexibility index (Phi) is 4.63. The van der Waals surface area contributed by atoms with Crippen molar-refractivity contribution in [1.82, 2.24) is 0 Å². The molecule has 7 heteroatoms. The van der Waals surface area contributed by atoms with Crippen LogP contribution in [0.1, 0.15) is 39.3 Å². The second-order valence-corrected chi connectivity index (χ2v) is 12.5. The Balaban J connectivity index is 1.62. The summed E-state index contributed by atoms with van der Waals surface area (Å²) in [6, 6.07) is 15.7. The normalized spacial score (nSPS) is 20.8. The monoisotopic (exact) mass is 608 g/mol. The van der Waals surface area contributed by atoms with E-state index in [2.05, 4.69) is 12.1 Å². The van der Waals surface area contributed by atoms with Crippen molar-refractivity contribution in [2.24, 2.45) is 5.92 Å². The minimum absolute atomic E-state index is 0.0865. The zero-order chi connectivity index (χ0) is 31.4. The van der Waals surface area contributed by atoms with Crippen molar-refractivity contribution in [1.29, 1.82) is 0 Å². The number of ketones is 1. The van der Waals surface area contributed by atoms with Crippen LogP contribution in [0.25, 0.3) is 49.2 Å². The third kappa shape index (κ3) is 2.47. The summed E-state index contributed by atoms with van der Waals surface area (Å²) in [4.78, 5) is 15.0. The zero-order valence-electron chi connectivity index (χ0n) is 25.8. The quantitative estimate of drug-likeness (QED) is 0.205. The van der Waals surface area contributed by atoms with Crippen molar-refractivity contribution in [3.63, 3.8) is 0 Å². The number of phenolic OH excluding ortho intramolecular Hbond substituents is 1. The topological polar surface area (TPSA) is 83.5 Å². The molecule has 0 saturated carbocycles. The van der Waals surface area contributed by atoms with Crippen LogP contribution < -0.4 is 23.7 Å². The molecule has 226 valence electrons. The van der Waals surface area contributed by atoms with Gasteiger partial charge < -0.3 is 28.8 Å². The molecule has 1 unspecified atom stereocenters. The molecule has 7 nitrogen and oxygen atoms in total. The summed E-state index contributed by atoms with van der Waals surface area (Å²) in [5.74, 6) is 2.32. The molecule has 5 aliphatic carbocycles. The van der Waals surface area contributed by atoms with E-state index >= 15 is 4.79 Å². The van der Waals surface area contributed by atoms with Gasteiger partial charge in [0.05, 0.1) is 52.8 Å². The van der Waals surface area contributed by atoms with Crippen LogP contribution in [0.15, 0.2) is 54.6 Å². The maximum absolute atomic E-state index is 15.0. The van der Waals surface area contributed by atoms with E-state index in [0.29, 0.717) is 23.0 Å². The van der Waals surface area contributed by atoms with Gasteiger partial charge in [-0.1, -0.05) is 24.3 Å². The first-order chi connectivity index (χ1) is 22.5. The first kappa shape index (κ1) is 25.9. The second-order valence-electron chi connectivity index (χ2n) is 12.5. The summed E-state index contributed by atoms with van der Waals surface area (Å²) in [6.07, 6.45) is 4.06. The molecule has 0 amide bonds. The lowest BCUT2D eigenvalue weighted by molar-refractivity contribution is -0.124. The van der Waals surface area contributed by atoms with Crippen LogP contribution in [0.5, 0.6) is 34.5 Å². The van der Waals surface area contributed by atoms with Gasteiger partial charge in [-0.2, -0.15) is 0 Å². The number of aromatic hydroxyl groups is 1. The zero-order valence-corrected chi connectivity index (χ0v) is 25.8. The Morgan fingerprint density at radius 1 is 0.674 bits per heavy atom. The maximum Gasteiger partial charge on any atom is 0.169 e. The van der Waals surface area contributed by atoms with Crippen LogP contribution >= 0.6 is 0 Å². The molecule has 5 aliphatic rings. The van der Waals surface area contributed by atoms with E-state index in [1.165, 1.54) is 0 Å². The van der Waals surface area contributed by atoms with Gasteiger partial charge in [0.15, 0.2) is 17.3 Å². The fourth-order valence-corrected chi connectivity index (χ4v) is 9.69. The van der Waals surface area contributed by atoms with E-state index in [0.717, 1.165) is 82.2 Å². The maximum atomic E-state index is 15.0. The largest absolute Gasteiger partial charge is 0.507 e. The average Bonchev–Trinajstić information content (AvgIpc) is 3.08.